The van der Waals surface area contributed by atoms with Crippen molar-refractivity contribution in [1.82, 2.24) is 10.2 Å². The fourth-order valence-corrected chi connectivity index (χ4v) is 1.74. The number of aromatic nitrogens is 2. The van der Waals surface area contributed by atoms with Gasteiger partial charge in [-0.25, -0.2) is 0 Å². The number of halogens is 1. The lowest BCUT2D eigenvalue weighted by Gasteiger charge is -1.96. The second-order valence-electron chi connectivity index (χ2n) is 2.55. The van der Waals surface area contributed by atoms with E-state index in [4.69, 9.17) is 11.6 Å². The van der Waals surface area contributed by atoms with Crippen LogP contribution in [0, 0.1) is 5.92 Å². The Kier molecular flexibility index (Phi) is 2.63. The van der Waals surface area contributed by atoms with Crippen molar-refractivity contribution in [2.45, 2.75) is 20.3 Å². The molecule has 0 fully saturated rings. The van der Waals surface area contributed by atoms with Crippen molar-refractivity contribution in [2.75, 3.05) is 0 Å². The Morgan fingerprint density at radius 2 is 2.20 bits per heavy atom. The molecule has 2 nitrogen and oxygen atoms in total. The van der Waals surface area contributed by atoms with Gasteiger partial charge in [0.05, 0.1) is 0 Å². The number of hydrogen-bond acceptors (Lipinski definition) is 3. The third-order valence-electron chi connectivity index (χ3n) is 1.03. The number of rotatable bonds is 2. The van der Waals surface area contributed by atoms with Gasteiger partial charge in [0.2, 0.25) is 4.47 Å². The van der Waals surface area contributed by atoms with Gasteiger partial charge in [0.25, 0.3) is 0 Å². The fourth-order valence-electron chi connectivity index (χ4n) is 0.665. The van der Waals surface area contributed by atoms with Crippen molar-refractivity contribution in [1.29, 1.82) is 0 Å². The van der Waals surface area contributed by atoms with Crippen molar-refractivity contribution in [2.24, 2.45) is 5.92 Å². The number of hydrogen-bond donors (Lipinski definition) is 0. The molecule has 0 bridgehead atoms. The van der Waals surface area contributed by atoms with E-state index < -0.39 is 0 Å². The molecule has 1 aromatic heterocycles. The van der Waals surface area contributed by atoms with E-state index in [9.17, 15) is 0 Å². The molecule has 0 unspecified atom stereocenters. The zero-order chi connectivity index (χ0) is 7.56. The van der Waals surface area contributed by atoms with Crippen LogP contribution < -0.4 is 0 Å². The summed E-state index contributed by atoms with van der Waals surface area (Å²) in [6.07, 6.45) is 0.977. The van der Waals surface area contributed by atoms with Crippen molar-refractivity contribution >= 4 is 22.9 Å². The van der Waals surface area contributed by atoms with Gasteiger partial charge in [-0.2, -0.15) is 0 Å². The average molecular weight is 177 g/mol. The Bertz CT molecular complexity index is 209. The second kappa shape index (κ2) is 3.30. The van der Waals surface area contributed by atoms with Crippen LogP contribution in [0.25, 0.3) is 0 Å². The largest absolute Gasteiger partial charge is 0.207 e. The van der Waals surface area contributed by atoms with Gasteiger partial charge in [-0.05, 0) is 17.5 Å². The summed E-state index contributed by atoms with van der Waals surface area (Å²) in [6.45, 7) is 4.30. The first-order valence-electron chi connectivity index (χ1n) is 3.16. The molecule has 0 saturated carbocycles. The van der Waals surface area contributed by atoms with E-state index in [2.05, 4.69) is 24.0 Å². The standard InChI is InChI=1S/C6H9ClN2S/c1-4(2)3-5-8-9-6(7)10-5/h4H,3H2,1-2H3. The lowest BCUT2D eigenvalue weighted by molar-refractivity contribution is 0.640. The van der Waals surface area contributed by atoms with Crippen LogP contribution in [0.4, 0.5) is 0 Å². The molecule has 0 aromatic carbocycles. The van der Waals surface area contributed by atoms with Crippen LogP contribution in [0.15, 0.2) is 0 Å². The van der Waals surface area contributed by atoms with Gasteiger partial charge >= 0.3 is 0 Å². The van der Waals surface area contributed by atoms with Crippen molar-refractivity contribution < 1.29 is 0 Å². The van der Waals surface area contributed by atoms with Crippen molar-refractivity contribution in [3.63, 3.8) is 0 Å². The highest BCUT2D eigenvalue weighted by Crippen LogP contribution is 2.17. The molecule has 10 heavy (non-hydrogen) atoms. The Hall–Kier alpha value is -0.150. The quantitative estimate of drug-likeness (QED) is 0.692. The summed E-state index contributed by atoms with van der Waals surface area (Å²) in [7, 11) is 0. The van der Waals surface area contributed by atoms with E-state index in [0.717, 1.165) is 11.4 Å². The maximum absolute atomic E-state index is 5.59. The average Bonchev–Trinajstić information content (AvgIpc) is 2.13. The molecule has 4 heteroatoms. The summed E-state index contributed by atoms with van der Waals surface area (Å²) in [5.74, 6) is 0.629. The summed E-state index contributed by atoms with van der Waals surface area (Å²) in [6, 6.07) is 0. The van der Waals surface area contributed by atoms with Crippen LogP contribution in [0.2, 0.25) is 4.47 Å². The molecule has 1 heterocycles. The van der Waals surface area contributed by atoms with Gasteiger partial charge in [-0.15, -0.1) is 10.2 Å². The molecule has 0 saturated heterocycles. The van der Waals surface area contributed by atoms with Crippen molar-refractivity contribution in [3.8, 4) is 0 Å². The molecule has 1 aromatic rings. The van der Waals surface area contributed by atoms with Gasteiger partial charge < -0.3 is 0 Å². The van der Waals surface area contributed by atoms with Crippen LogP contribution in [0.1, 0.15) is 18.9 Å². The van der Waals surface area contributed by atoms with Gasteiger partial charge in [0.1, 0.15) is 5.01 Å². The first kappa shape index (κ1) is 7.95. The van der Waals surface area contributed by atoms with Gasteiger partial charge in [0, 0.05) is 6.42 Å². The smallest absolute Gasteiger partial charge is 0.142 e. The zero-order valence-electron chi connectivity index (χ0n) is 5.97. The normalized spacial score (nSPS) is 10.8. The van der Waals surface area contributed by atoms with Crippen molar-refractivity contribution in [3.05, 3.63) is 9.47 Å². The predicted octanol–water partition coefficient (Wildman–Crippen LogP) is 2.39. The van der Waals surface area contributed by atoms with E-state index >= 15 is 0 Å². The summed E-state index contributed by atoms with van der Waals surface area (Å²) in [5.41, 5.74) is 0. The summed E-state index contributed by atoms with van der Waals surface area (Å²) in [4.78, 5) is 0. The minimum atomic E-state index is 0.538. The molecular weight excluding hydrogens is 168 g/mol. The third kappa shape index (κ3) is 2.23. The van der Waals surface area contributed by atoms with Gasteiger partial charge in [-0.3, -0.25) is 0 Å². The van der Waals surface area contributed by atoms with E-state index in [1.54, 1.807) is 0 Å². The van der Waals surface area contributed by atoms with Gasteiger partial charge in [0.15, 0.2) is 0 Å². The molecule has 0 radical (unpaired) electrons. The third-order valence-corrected chi connectivity index (χ3v) is 2.07. The highest BCUT2D eigenvalue weighted by Gasteiger charge is 2.02. The SMILES string of the molecule is CC(C)Cc1nnc(Cl)s1. The van der Waals surface area contributed by atoms with Crippen LogP contribution in [-0.2, 0) is 6.42 Å². The topological polar surface area (TPSA) is 25.8 Å². The molecular formula is C6H9ClN2S. The monoisotopic (exact) mass is 176 g/mol. The van der Waals surface area contributed by atoms with E-state index in [1.165, 1.54) is 11.3 Å². The molecule has 0 amide bonds. The lowest BCUT2D eigenvalue weighted by Crippen LogP contribution is -1.92. The Morgan fingerprint density at radius 3 is 2.60 bits per heavy atom. The van der Waals surface area contributed by atoms with Gasteiger partial charge in [-0.1, -0.05) is 25.2 Å². The molecule has 0 aliphatic rings. The maximum atomic E-state index is 5.59. The highest BCUT2D eigenvalue weighted by molar-refractivity contribution is 7.15. The lowest BCUT2D eigenvalue weighted by atomic mass is 10.1. The van der Waals surface area contributed by atoms with E-state index in [0.29, 0.717) is 10.4 Å². The highest BCUT2D eigenvalue weighted by atomic mass is 35.5. The van der Waals surface area contributed by atoms with E-state index in [-0.39, 0.29) is 0 Å². The molecule has 0 atom stereocenters. The van der Waals surface area contributed by atoms with Crippen LogP contribution in [0.3, 0.4) is 0 Å². The predicted molar refractivity (Wildman–Crippen MR) is 43.5 cm³/mol. The van der Waals surface area contributed by atoms with Crippen LogP contribution in [0.5, 0.6) is 0 Å². The molecule has 1 rings (SSSR count). The molecule has 0 N–H and O–H groups in total. The Labute approximate surface area is 69.2 Å². The molecule has 56 valence electrons. The Morgan fingerprint density at radius 1 is 1.50 bits per heavy atom. The second-order valence-corrected chi connectivity index (χ2v) is 4.19. The first-order valence-corrected chi connectivity index (χ1v) is 4.36. The minimum absolute atomic E-state index is 0.538. The maximum Gasteiger partial charge on any atom is 0.207 e. The number of nitrogens with zero attached hydrogens (tertiary/aromatic N) is 2. The van der Waals surface area contributed by atoms with E-state index in [1.807, 2.05) is 0 Å². The first-order chi connectivity index (χ1) is 4.68. The molecule has 0 spiro atoms. The molecule has 0 aliphatic heterocycles. The minimum Gasteiger partial charge on any atom is -0.142 e. The summed E-state index contributed by atoms with van der Waals surface area (Å²) >= 11 is 7.05. The summed E-state index contributed by atoms with van der Waals surface area (Å²) < 4.78 is 0.538. The Balaban J connectivity index is 2.58. The fraction of sp³-hybridized carbons (Fsp3) is 0.667. The van der Waals surface area contributed by atoms with Crippen LogP contribution in [-0.4, -0.2) is 10.2 Å². The zero-order valence-corrected chi connectivity index (χ0v) is 7.54. The molecule has 0 aliphatic carbocycles. The van der Waals surface area contributed by atoms with Crippen LogP contribution >= 0.6 is 22.9 Å². The summed E-state index contributed by atoms with van der Waals surface area (Å²) in [5, 5.41) is 8.62.